The highest BCUT2D eigenvalue weighted by atomic mass is 32.2. The van der Waals surface area contributed by atoms with Crippen molar-refractivity contribution in [2.75, 3.05) is 12.4 Å². The van der Waals surface area contributed by atoms with Gasteiger partial charge in [0.25, 0.3) is 0 Å². The van der Waals surface area contributed by atoms with Crippen molar-refractivity contribution < 1.29 is 4.74 Å². The van der Waals surface area contributed by atoms with Crippen LogP contribution in [-0.4, -0.2) is 16.9 Å². The summed E-state index contributed by atoms with van der Waals surface area (Å²) in [5.74, 6) is 2.65. The van der Waals surface area contributed by atoms with Gasteiger partial charge in [0, 0.05) is 29.6 Å². The van der Waals surface area contributed by atoms with Gasteiger partial charge >= 0.3 is 0 Å². The Balaban J connectivity index is 1.67. The van der Waals surface area contributed by atoms with E-state index in [0.29, 0.717) is 5.92 Å². The minimum atomic E-state index is 0.465. The van der Waals surface area contributed by atoms with Crippen molar-refractivity contribution in [1.82, 2.24) is 4.57 Å². The molecule has 0 aliphatic carbocycles. The topological polar surface area (TPSA) is 14.2 Å². The van der Waals surface area contributed by atoms with Gasteiger partial charge in [-0.3, -0.25) is 0 Å². The van der Waals surface area contributed by atoms with Gasteiger partial charge in [0.05, 0.1) is 11.6 Å². The molecule has 1 aliphatic heterocycles. The first-order chi connectivity index (χ1) is 11.7. The summed E-state index contributed by atoms with van der Waals surface area (Å²) in [5.41, 5.74) is 5.35. The molecule has 0 amide bonds. The zero-order valence-electron chi connectivity index (χ0n) is 14.5. The minimum Gasteiger partial charge on any atom is -0.493 e. The van der Waals surface area contributed by atoms with Gasteiger partial charge in [-0.1, -0.05) is 30.3 Å². The van der Waals surface area contributed by atoms with Crippen LogP contribution in [-0.2, 0) is 7.05 Å². The third-order valence-corrected chi connectivity index (χ3v) is 6.41. The van der Waals surface area contributed by atoms with Crippen molar-refractivity contribution in [3.8, 4) is 5.75 Å². The number of thioether (sulfide) groups is 1. The average Bonchev–Trinajstić information content (AvgIpc) is 2.90. The molecule has 1 aliphatic rings. The predicted octanol–water partition coefficient (Wildman–Crippen LogP) is 5.45. The number of ether oxygens (including phenoxy) is 1. The number of rotatable bonds is 3. The summed E-state index contributed by atoms with van der Waals surface area (Å²) >= 11 is 1.98. The molecule has 1 aromatic heterocycles. The standard InChI is InChI=1S/C21H23NOS/c1-14-7-6-10-19(15(14)2)23-13-16-11-12-24-21-20(16)17-8-4-5-9-18(17)22(21)3/h4-10,16H,11-13H2,1-3H3. The molecule has 124 valence electrons. The molecule has 2 aromatic carbocycles. The van der Waals surface area contributed by atoms with Gasteiger partial charge in [0.1, 0.15) is 5.75 Å². The zero-order chi connectivity index (χ0) is 16.7. The highest BCUT2D eigenvalue weighted by molar-refractivity contribution is 7.99. The fraction of sp³-hybridized carbons (Fsp3) is 0.333. The summed E-state index contributed by atoms with van der Waals surface area (Å²) in [6.07, 6.45) is 1.18. The summed E-state index contributed by atoms with van der Waals surface area (Å²) in [6, 6.07) is 15.1. The summed E-state index contributed by atoms with van der Waals surface area (Å²) in [4.78, 5) is 0. The summed E-state index contributed by atoms with van der Waals surface area (Å²) in [5, 5.41) is 2.80. The Labute approximate surface area is 147 Å². The molecule has 0 spiro atoms. The molecule has 3 aromatic rings. The molecule has 4 rings (SSSR count). The number of hydrogen-bond donors (Lipinski definition) is 0. The Bertz CT molecular complexity index is 896. The van der Waals surface area contributed by atoms with Crippen LogP contribution in [0, 0.1) is 13.8 Å². The highest BCUT2D eigenvalue weighted by Crippen LogP contribution is 2.43. The molecule has 1 unspecified atom stereocenters. The lowest BCUT2D eigenvalue weighted by molar-refractivity contribution is 0.281. The number of para-hydroxylation sites is 1. The van der Waals surface area contributed by atoms with Crippen LogP contribution in [0.3, 0.4) is 0 Å². The van der Waals surface area contributed by atoms with Crippen LogP contribution >= 0.6 is 11.8 Å². The second-order valence-electron chi connectivity index (χ2n) is 6.64. The van der Waals surface area contributed by atoms with Crippen LogP contribution < -0.4 is 4.74 Å². The summed E-state index contributed by atoms with van der Waals surface area (Å²) in [6.45, 7) is 5.04. The molecule has 0 saturated heterocycles. The molecular formula is C21H23NOS. The van der Waals surface area contributed by atoms with Crippen molar-refractivity contribution in [3.05, 3.63) is 59.2 Å². The van der Waals surface area contributed by atoms with Gasteiger partial charge in [0.2, 0.25) is 0 Å². The van der Waals surface area contributed by atoms with E-state index in [1.165, 1.54) is 39.0 Å². The molecule has 2 heterocycles. The summed E-state index contributed by atoms with van der Waals surface area (Å²) in [7, 11) is 2.18. The van der Waals surface area contributed by atoms with Crippen LogP contribution in [0.2, 0.25) is 0 Å². The smallest absolute Gasteiger partial charge is 0.122 e. The molecule has 1 atom stereocenters. The third kappa shape index (κ3) is 2.51. The summed E-state index contributed by atoms with van der Waals surface area (Å²) < 4.78 is 8.60. The molecular weight excluding hydrogens is 314 g/mol. The molecule has 0 bridgehead atoms. The molecule has 0 saturated carbocycles. The Morgan fingerprint density at radius 3 is 2.83 bits per heavy atom. The lowest BCUT2D eigenvalue weighted by Gasteiger charge is -2.24. The van der Waals surface area contributed by atoms with E-state index < -0.39 is 0 Å². The van der Waals surface area contributed by atoms with E-state index in [4.69, 9.17) is 4.74 Å². The maximum atomic E-state index is 6.25. The first-order valence-corrected chi connectivity index (χ1v) is 9.54. The largest absolute Gasteiger partial charge is 0.493 e. The van der Waals surface area contributed by atoms with Gasteiger partial charge in [0.15, 0.2) is 0 Å². The average molecular weight is 337 g/mol. The molecule has 0 N–H and O–H groups in total. The van der Waals surface area contributed by atoms with E-state index in [2.05, 4.69) is 67.9 Å². The quantitative estimate of drug-likeness (QED) is 0.630. The van der Waals surface area contributed by atoms with E-state index in [9.17, 15) is 0 Å². The number of aromatic nitrogens is 1. The maximum absolute atomic E-state index is 6.25. The van der Waals surface area contributed by atoms with Crippen LogP contribution in [0.25, 0.3) is 10.9 Å². The van der Waals surface area contributed by atoms with Gasteiger partial charge in [-0.05, 0) is 49.1 Å². The maximum Gasteiger partial charge on any atom is 0.122 e. The SMILES string of the molecule is Cc1cccc(OCC2CCSc3c2c2ccccc2n3C)c1C. The van der Waals surface area contributed by atoms with E-state index in [-0.39, 0.29) is 0 Å². The van der Waals surface area contributed by atoms with Crippen molar-refractivity contribution >= 4 is 22.7 Å². The van der Waals surface area contributed by atoms with E-state index in [1.807, 2.05) is 11.8 Å². The van der Waals surface area contributed by atoms with Crippen LogP contribution in [0.4, 0.5) is 0 Å². The second-order valence-corrected chi connectivity index (χ2v) is 7.72. The first-order valence-electron chi connectivity index (χ1n) is 8.56. The Hall–Kier alpha value is -1.87. The fourth-order valence-electron chi connectivity index (χ4n) is 3.65. The van der Waals surface area contributed by atoms with Gasteiger partial charge in [-0.25, -0.2) is 0 Å². The highest BCUT2D eigenvalue weighted by Gasteiger charge is 2.27. The molecule has 24 heavy (non-hydrogen) atoms. The number of hydrogen-bond acceptors (Lipinski definition) is 2. The first kappa shape index (κ1) is 15.6. The monoisotopic (exact) mass is 337 g/mol. The fourth-order valence-corrected chi connectivity index (χ4v) is 4.97. The number of nitrogens with zero attached hydrogens (tertiary/aromatic N) is 1. The van der Waals surface area contributed by atoms with Crippen LogP contribution in [0.15, 0.2) is 47.5 Å². The molecule has 0 fully saturated rings. The van der Waals surface area contributed by atoms with Crippen LogP contribution in [0.5, 0.6) is 5.75 Å². The lowest BCUT2D eigenvalue weighted by atomic mass is 9.96. The van der Waals surface area contributed by atoms with E-state index >= 15 is 0 Å². The second kappa shape index (κ2) is 6.21. The normalized spacial score (nSPS) is 17.0. The molecule has 0 radical (unpaired) electrons. The Morgan fingerprint density at radius 2 is 1.96 bits per heavy atom. The van der Waals surface area contributed by atoms with Crippen LogP contribution in [0.1, 0.15) is 29.0 Å². The van der Waals surface area contributed by atoms with Gasteiger partial charge in [-0.15, -0.1) is 11.8 Å². The van der Waals surface area contributed by atoms with Crippen molar-refractivity contribution in [2.45, 2.75) is 31.2 Å². The minimum absolute atomic E-state index is 0.465. The zero-order valence-corrected chi connectivity index (χ0v) is 15.3. The Morgan fingerprint density at radius 1 is 1.12 bits per heavy atom. The van der Waals surface area contributed by atoms with Crippen molar-refractivity contribution in [2.24, 2.45) is 7.05 Å². The molecule has 3 heteroatoms. The number of benzene rings is 2. The van der Waals surface area contributed by atoms with Crippen molar-refractivity contribution in [3.63, 3.8) is 0 Å². The van der Waals surface area contributed by atoms with E-state index in [1.54, 1.807) is 0 Å². The van der Waals surface area contributed by atoms with E-state index in [0.717, 1.165) is 18.1 Å². The molecule has 2 nitrogen and oxygen atoms in total. The third-order valence-electron chi connectivity index (χ3n) is 5.20. The van der Waals surface area contributed by atoms with Crippen molar-refractivity contribution in [1.29, 1.82) is 0 Å². The number of aryl methyl sites for hydroxylation is 2. The number of fused-ring (bicyclic) bond motifs is 3. The van der Waals surface area contributed by atoms with Gasteiger partial charge in [-0.2, -0.15) is 0 Å². The van der Waals surface area contributed by atoms with Gasteiger partial charge < -0.3 is 9.30 Å². The lowest BCUT2D eigenvalue weighted by Crippen LogP contribution is -2.16. The predicted molar refractivity (Wildman–Crippen MR) is 102 cm³/mol. The Kier molecular flexibility index (Phi) is 4.05.